The van der Waals surface area contributed by atoms with E-state index in [9.17, 15) is 4.79 Å². The number of anilines is 2. The number of thioether (sulfide) groups is 1. The monoisotopic (exact) mass is 251 g/mol. The summed E-state index contributed by atoms with van der Waals surface area (Å²) in [6.07, 6.45) is 2.24. The van der Waals surface area contributed by atoms with Crippen molar-refractivity contribution in [2.75, 3.05) is 22.6 Å². The van der Waals surface area contributed by atoms with Gasteiger partial charge in [0.15, 0.2) is 0 Å². The highest BCUT2D eigenvalue weighted by molar-refractivity contribution is 7.99. The average Bonchev–Trinajstić information content (AvgIpc) is 2.30. The third-order valence-corrected chi connectivity index (χ3v) is 3.86. The minimum absolute atomic E-state index is 0.150. The van der Waals surface area contributed by atoms with Gasteiger partial charge in [0.1, 0.15) is 0 Å². The van der Waals surface area contributed by atoms with Gasteiger partial charge in [-0.1, -0.05) is 6.07 Å². The predicted molar refractivity (Wildman–Crippen MR) is 73.4 cm³/mol. The molecular weight excluding hydrogens is 234 g/mol. The lowest BCUT2D eigenvalue weighted by atomic mass is 10.2. The van der Waals surface area contributed by atoms with Crippen molar-refractivity contribution in [2.45, 2.75) is 18.9 Å². The Morgan fingerprint density at radius 2 is 2.35 bits per heavy atom. The van der Waals surface area contributed by atoms with Gasteiger partial charge in [0.25, 0.3) is 0 Å². The molecule has 1 unspecified atom stereocenters. The van der Waals surface area contributed by atoms with Crippen LogP contribution in [0.25, 0.3) is 0 Å². The molecule has 0 spiro atoms. The molecule has 1 aromatic carbocycles. The number of urea groups is 1. The first-order valence-corrected chi connectivity index (χ1v) is 6.90. The fourth-order valence-corrected chi connectivity index (χ4v) is 2.90. The van der Waals surface area contributed by atoms with Crippen LogP contribution in [-0.2, 0) is 0 Å². The molecule has 2 amide bonds. The molecule has 1 saturated heterocycles. The minimum atomic E-state index is -0.150. The van der Waals surface area contributed by atoms with Crippen LogP contribution in [0, 0.1) is 0 Å². The zero-order chi connectivity index (χ0) is 12.1. The summed E-state index contributed by atoms with van der Waals surface area (Å²) in [5.74, 6) is 2.21. The number of benzene rings is 1. The average molecular weight is 251 g/mol. The van der Waals surface area contributed by atoms with E-state index >= 15 is 0 Å². The van der Waals surface area contributed by atoms with Crippen molar-refractivity contribution in [3.05, 3.63) is 24.3 Å². The van der Waals surface area contributed by atoms with E-state index in [1.807, 2.05) is 23.9 Å². The molecule has 2 rings (SSSR count). The van der Waals surface area contributed by atoms with E-state index < -0.39 is 0 Å². The highest BCUT2D eigenvalue weighted by Gasteiger charge is 2.15. The van der Waals surface area contributed by atoms with Gasteiger partial charge in [-0.2, -0.15) is 11.8 Å². The van der Waals surface area contributed by atoms with Gasteiger partial charge in [0.2, 0.25) is 0 Å². The Labute approximate surface area is 105 Å². The molecule has 1 aliphatic rings. The molecule has 0 aromatic heterocycles. The van der Waals surface area contributed by atoms with Crippen molar-refractivity contribution in [3.8, 4) is 0 Å². The lowest BCUT2D eigenvalue weighted by molar-refractivity contribution is 0.248. The molecule has 4 nitrogen and oxygen atoms in total. The van der Waals surface area contributed by atoms with Crippen LogP contribution in [0.5, 0.6) is 0 Å². The molecule has 0 bridgehead atoms. The summed E-state index contributed by atoms with van der Waals surface area (Å²) in [7, 11) is 0. The number of amides is 2. The quantitative estimate of drug-likeness (QED) is 0.706. The fraction of sp³-hybridized carbons (Fsp3) is 0.417. The maximum Gasteiger partial charge on any atom is 0.319 e. The summed E-state index contributed by atoms with van der Waals surface area (Å²) >= 11 is 1.89. The standard InChI is InChI=1S/C12H17N3OS/c13-9-3-1-4-10(7-9)14-12(16)15-11-5-2-6-17-8-11/h1,3-4,7,11H,2,5-6,8,13H2,(H2,14,15,16). The second kappa shape index (κ2) is 5.82. The van der Waals surface area contributed by atoms with Gasteiger partial charge in [-0.05, 0) is 36.8 Å². The van der Waals surface area contributed by atoms with Gasteiger partial charge in [0.05, 0.1) is 0 Å². The van der Waals surface area contributed by atoms with Crippen LogP contribution in [0.1, 0.15) is 12.8 Å². The number of carbonyl (C=O) groups is 1. The molecule has 1 heterocycles. The van der Waals surface area contributed by atoms with Crippen LogP contribution >= 0.6 is 11.8 Å². The van der Waals surface area contributed by atoms with Gasteiger partial charge < -0.3 is 16.4 Å². The molecule has 0 aliphatic carbocycles. The Morgan fingerprint density at radius 3 is 3.06 bits per heavy atom. The van der Waals surface area contributed by atoms with E-state index in [0.717, 1.165) is 17.9 Å². The minimum Gasteiger partial charge on any atom is -0.399 e. The number of nitrogens with two attached hydrogens (primary N) is 1. The van der Waals surface area contributed by atoms with Gasteiger partial charge in [-0.15, -0.1) is 0 Å². The van der Waals surface area contributed by atoms with E-state index in [-0.39, 0.29) is 12.1 Å². The van der Waals surface area contributed by atoms with Crippen molar-refractivity contribution < 1.29 is 4.79 Å². The van der Waals surface area contributed by atoms with Crippen molar-refractivity contribution in [2.24, 2.45) is 0 Å². The largest absolute Gasteiger partial charge is 0.399 e. The molecule has 17 heavy (non-hydrogen) atoms. The zero-order valence-electron chi connectivity index (χ0n) is 9.61. The number of hydrogen-bond donors (Lipinski definition) is 3. The number of carbonyl (C=O) groups excluding carboxylic acids is 1. The van der Waals surface area contributed by atoms with Crippen molar-refractivity contribution in [1.29, 1.82) is 0 Å². The molecule has 1 aliphatic heterocycles. The Hall–Kier alpha value is -1.36. The first-order valence-electron chi connectivity index (χ1n) is 5.75. The molecule has 92 valence electrons. The van der Waals surface area contributed by atoms with Crippen molar-refractivity contribution in [3.63, 3.8) is 0 Å². The second-order valence-corrected chi connectivity index (χ2v) is 5.29. The highest BCUT2D eigenvalue weighted by atomic mass is 32.2. The highest BCUT2D eigenvalue weighted by Crippen LogP contribution is 2.17. The molecule has 0 radical (unpaired) electrons. The Kier molecular flexibility index (Phi) is 4.14. The lowest BCUT2D eigenvalue weighted by Gasteiger charge is -2.22. The Bertz CT molecular complexity index is 391. The molecule has 5 heteroatoms. The van der Waals surface area contributed by atoms with Crippen LogP contribution in [0.15, 0.2) is 24.3 Å². The maximum atomic E-state index is 11.7. The van der Waals surface area contributed by atoms with Crippen LogP contribution in [0.4, 0.5) is 16.2 Å². The summed E-state index contributed by atoms with van der Waals surface area (Å²) in [5, 5.41) is 5.77. The van der Waals surface area contributed by atoms with Crippen LogP contribution < -0.4 is 16.4 Å². The van der Waals surface area contributed by atoms with E-state index in [1.165, 1.54) is 12.2 Å². The Morgan fingerprint density at radius 1 is 1.47 bits per heavy atom. The second-order valence-electron chi connectivity index (χ2n) is 4.14. The predicted octanol–water partition coefficient (Wildman–Crippen LogP) is 2.29. The summed E-state index contributed by atoms with van der Waals surface area (Å²) in [5.41, 5.74) is 7.02. The normalized spacial score (nSPS) is 19.6. The summed E-state index contributed by atoms with van der Waals surface area (Å²) in [4.78, 5) is 11.7. The number of rotatable bonds is 2. The van der Waals surface area contributed by atoms with Crippen molar-refractivity contribution in [1.82, 2.24) is 5.32 Å². The third-order valence-electron chi connectivity index (χ3n) is 2.64. The summed E-state index contributed by atoms with van der Waals surface area (Å²) in [6, 6.07) is 7.32. The third kappa shape index (κ3) is 3.85. The molecule has 1 atom stereocenters. The van der Waals surface area contributed by atoms with Crippen LogP contribution in [0.3, 0.4) is 0 Å². The van der Waals surface area contributed by atoms with Crippen molar-refractivity contribution >= 4 is 29.2 Å². The smallest absolute Gasteiger partial charge is 0.319 e. The maximum absolute atomic E-state index is 11.7. The van der Waals surface area contributed by atoms with Gasteiger partial charge in [-0.25, -0.2) is 4.79 Å². The van der Waals surface area contributed by atoms with Crippen LogP contribution in [-0.4, -0.2) is 23.6 Å². The summed E-state index contributed by atoms with van der Waals surface area (Å²) in [6.45, 7) is 0. The topological polar surface area (TPSA) is 67.1 Å². The number of nitrogens with one attached hydrogen (secondary N) is 2. The van der Waals surface area contributed by atoms with E-state index in [1.54, 1.807) is 12.1 Å². The Balaban J connectivity index is 1.84. The van der Waals surface area contributed by atoms with Gasteiger partial charge >= 0.3 is 6.03 Å². The molecular formula is C12H17N3OS. The SMILES string of the molecule is Nc1cccc(NC(=O)NC2CCCSC2)c1. The number of nitrogen functional groups attached to an aromatic ring is 1. The first kappa shape index (κ1) is 12.1. The molecule has 1 aromatic rings. The van der Waals surface area contributed by atoms with E-state index in [0.29, 0.717) is 5.69 Å². The van der Waals surface area contributed by atoms with E-state index in [4.69, 9.17) is 5.73 Å². The molecule has 1 fully saturated rings. The number of hydrogen-bond acceptors (Lipinski definition) is 3. The first-order chi connectivity index (χ1) is 8.24. The molecule has 0 saturated carbocycles. The fourth-order valence-electron chi connectivity index (χ4n) is 1.82. The lowest BCUT2D eigenvalue weighted by Crippen LogP contribution is -2.40. The van der Waals surface area contributed by atoms with Gasteiger partial charge in [-0.3, -0.25) is 0 Å². The van der Waals surface area contributed by atoms with Crippen LogP contribution in [0.2, 0.25) is 0 Å². The van der Waals surface area contributed by atoms with E-state index in [2.05, 4.69) is 10.6 Å². The summed E-state index contributed by atoms with van der Waals surface area (Å²) < 4.78 is 0. The molecule has 4 N–H and O–H groups in total. The van der Waals surface area contributed by atoms with Gasteiger partial charge in [0, 0.05) is 23.2 Å². The zero-order valence-corrected chi connectivity index (χ0v) is 10.4.